The van der Waals surface area contributed by atoms with Crippen LogP contribution in [0.15, 0.2) is 48.1 Å². The molecule has 0 N–H and O–H groups in total. The summed E-state index contributed by atoms with van der Waals surface area (Å²) >= 11 is 0. The van der Waals surface area contributed by atoms with Gasteiger partial charge in [-0.2, -0.15) is 0 Å². The zero-order valence-electron chi connectivity index (χ0n) is 7.01. The third-order valence-electron chi connectivity index (χ3n) is 1.92. The summed E-state index contributed by atoms with van der Waals surface area (Å²) in [7, 11) is 0. The van der Waals surface area contributed by atoms with Crippen molar-refractivity contribution in [3.8, 4) is 0 Å². The van der Waals surface area contributed by atoms with Crippen molar-refractivity contribution in [2.45, 2.75) is 19.8 Å². The number of allylic oxidation sites excluding steroid dienone is 7. The fourth-order valence-electron chi connectivity index (χ4n) is 1.25. The minimum atomic E-state index is 1.06. The van der Waals surface area contributed by atoms with Gasteiger partial charge in [0.05, 0.1) is 0 Å². The van der Waals surface area contributed by atoms with Gasteiger partial charge >= 0.3 is 0 Å². The van der Waals surface area contributed by atoms with Crippen molar-refractivity contribution < 1.29 is 0 Å². The molecule has 0 bridgehead atoms. The largest absolute Gasteiger partial charge is 0.0988 e. The summed E-state index contributed by atoms with van der Waals surface area (Å²) in [6, 6.07) is 0. The van der Waals surface area contributed by atoms with Crippen LogP contribution in [0.4, 0.5) is 0 Å². The van der Waals surface area contributed by atoms with Crippen LogP contribution in [0.2, 0.25) is 0 Å². The maximum absolute atomic E-state index is 3.79. The van der Waals surface area contributed by atoms with Gasteiger partial charge in [0.25, 0.3) is 0 Å². The molecule has 0 unspecified atom stereocenters. The summed E-state index contributed by atoms with van der Waals surface area (Å²) in [6.07, 6.45) is 12.6. The smallest absolute Gasteiger partial charge is 0.00916 e. The van der Waals surface area contributed by atoms with Gasteiger partial charge in [0, 0.05) is 0 Å². The lowest BCUT2D eigenvalue weighted by Crippen LogP contribution is -1.86. The fraction of sp³-hybridized carbons (Fsp3) is 0.273. The summed E-state index contributed by atoms with van der Waals surface area (Å²) in [5, 5.41) is 0. The van der Waals surface area contributed by atoms with Gasteiger partial charge in [-0.3, -0.25) is 0 Å². The molecule has 0 aliphatic heterocycles. The second kappa shape index (κ2) is 3.97. The summed E-state index contributed by atoms with van der Waals surface area (Å²) in [5.74, 6) is 0. The van der Waals surface area contributed by atoms with E-state index in [0.717, 1.165) is 12.8 Å². The Morgan fingerprint density at radius 3 is 2.91 bits per heavy atom. The molecule has 0 aromatic heterocycles. The van der Waals surface area contributed by atoms with E-state index >= 15 is 0 Å². The van der Waals surface area contributed by atoms with E-state index in [1.165, 1.54) is 11.1 Å². The molecule has 11 heavy (non-hydrogen) atoms. The van der Waals surface area contributed by atoms with Crippen LogP contribution in [0.3, 0.4) is 0 Å². The van der Waals surface area contributed by atoms with Crippen LogP contribution >= 0.6 is 0 Å². The molecule has 0 heterocycles. The first kappa shape index (κ1) is 8.06. The van der Waals surface area contributed by atoms with E-state index in [9.17, 15) is 0 Å². The van der Waals surface area contributed by atoms with Gasteiger partial charge in [0.1, 0.15) is 0 Å². The molecule has 1 aliphatic carbocycles. The van der Waals surface area contributed by atoms with E-state index in [0.29, 0.717) is 0 Å². The molecule has 1 rings (SSSR count). The van der Waals surface area contributed by atoms with E-state index in [2.05, 4.69) is 37.8 Å². The SMILES string of the molecule is C=C/C(CC)=C1/C=CC=CC1. The van der Waals surface area contributed by atoms with Crippen molar-refractivity contribution in [2.24, 2.45) is 0 Å². The first-order valence-electron chi connectivity index (χ1n) is 4.06. The number of rotatable bonds is 2. The molecule has 1 aliphatic rings. The highest BCUT2D eigenvalue weighted by molar-refractivity contribution is 5.37. The average Bonchev–Trinajstić information content (AvgIpc) is 2.09. The van der Waals surface area contributed by atoms with E-state index in [1.54, 1.807) is 0 Å². The van der Waals surface area contributed by atoms with Gasteiger partial charge in [-0.25, -0.2) is 0 Å². The molecule has 58 valence electrons. The maximum atomic E-state index is 3.79. The van der Waals surface area contributed by atoms with Gasteiger partial charge in [-0.05, 0) is 24.0 Å². The Labute approximate surface area is 68.6 Å². The molecule has 0 nitrogen and oxygen atoms in total. The number of hydrogen-bond acceptors (Lipinski definition) is 0. The lowest BCUT2D eigenvalue weighted by molar-refractivity contribution is 1.09. The van der Waals surface area contributed by atoms with Crippen LogP contribution < -0.4 is 0 Å². The monoisotopic (exact) mass is 146 g/mol. The minimum Gasteiger partial charge on any atom is -0.0988 e. The predicted octanol–water partition coefficient (Wildman–Crippen LogP) is 3.40. The number of hydrogen-bond donors (Lipinski definition) is 0. The molecule has 0 saturated carbocycles. The zero-order chi connectivity index (χ0) is 8.10. The van der Waals surface area contributed by atoms with E-state index < -0.39 is 0 Å². The Balaban J connectivity index is 2.85. The van der Waals surface area contributed by atoms with E-state index in [-0.39, 0.29) is 0 Å². The van der Waals surface area contributed by atoms with Crippen molar-refractivity contribution in [2.75, 3.05) is 0 Å². The highest BCUT2D eigenvalue weighted by atomic mass is 14.0. The average molecular weight is 146 g/mol. The van der Waals surface area contributed by atoms with Gasteiger partial charge in [-0.1, -0.05) is 43.9 Å². The Hall–Kier alpha value is -1.04. The van der Waals surface area contributed by atoms with Crippen LogP contribution in [0.5, 0.6) is 0 Å². The molecule has 0 amide bonds. The third kappa shape index (κ3) is 1.94. The van der Waals surface area contributed by atoms with Crippen molar-refractivity contribution in [3.63, 3.8) is 0 Å². The van der Waals surface area contributed by atoms with Gasteiger partial charge in [0.15, 0.2) is 0 Å². The maximum Gasteiger partial charge on any atom is -0.00916 e. The van der Waals surface area contributed by atoms with Gasteiger partial charge in [0.2, 0.25) is 0 Å². The summed E-state index contributed by atoms with van der Waals surface area (Å²) in [6.45, 7) is 5.95. The van der Waals surface area contributed by atoms with Crippen LogP contribution in [-0.2, 0) is 0 Å². The summed E-state index contributed by atoms with van der Waals surface area (Å²) < 4.78 is 0. The fourth-order valence-corrected chi connectivity index (χ4v) is 1.25. The second-order valence-electron chi connectivity index (χ2n) is 2.60. The summed E-state index contributed by atoms with van der Waals surface area (Å²) in [5.41, 5.74) is 2.77. The Bertz CT molecular complexity index is 226. The van der Waals surface area contributed by atoms with Crippen molar-refractivity contribution >= 4 is 0 Å². The highest BCUT2D eigenvalue weighted by Gasteiger charge is 1.98. The molecule has 0 spiro atoms. The molecule has 0 aromatic rings. The van der Waals surface area contributed by atoms with E-state index in [1.807, 2.05) is 6.08 Å². The first-order valence-corrected chi connectivity index (χ1v) is 4.06. The van der Waals surface area contributed by atoms with Crippen LogP contribution in [-0.4, -0.2) is 0 Å². The third-order valence-corrected chi connectivity index (χ3v) is 1.92. The normalized spacial score (nSPS) is 20.1. The molecule has 0 radical (unpaired) electrons. The zero-order valence-corrected chi connectivity index (χ0v) is 7.01. The Morgan fingerprint density at radius 1 is 1.64 bits per heavy atom. The lowest BCUT2D eigenvalue weighted by atomic mass is 10.00. The Kier molecular flexibility index (Phi) is 2.91. The van der Waals surface area contributed by atoms with Crippen molar-refractivity contribution in [1.82, 2.24) is 0 Å². The topological polar surface area (TPSA) is 0 Å². The van der Waals surface area contributed by atoms with Crippen LogP contribution in [0.1, 0.15) is 19.8 Å². The standard InChI is InChI=1S/C11H14/c1-3-10(4-2)11-8-6-5-7-9-11/h3,5-8H,1,4,9H2,2H3/b11-10+. The lowest BCUT2D eigenvalue weighted by Gasteiger charge is -2.06. The van der Waals surface area contributed by atoms with Gasteiger partial charge in [-0.15, -0.1) is 0 Å². The van der Waals surface area contributed by atoms with E-state index in [4.69, 9.17) is 0 Å². The summed E-state index contributed by atoms with van der Waals surface area (Å²) in [4.78, 5) is 0. The molecule has 0 aromatic carbocycles. The highest BCUT2D eigenvalue weighted by Crippen LogP contribution is 2.18. The molecule has 0 atom stereocenters. The quantitative estimate of drug-likeness (QED) is 0.560. The van der Waals surface area contributed by atoms with Gasteiger partial charge < -0.3 is 0 Å². The minimum absolute atomic E-state index is 1.06. The molecular weight excluding hydrogens is 132 g/mol. The molecular formula is C11H14. The molecule has 0 fully saturated rings. The predicted molar refractivity (Wildman–Crippen MR) is 50.4 cm³/mol. The van der Waals surface area contributed by atoms with Crippen molar-refractivity contribution in [1.29, 1.82) is 0 Å². The van der Waals surface area contributed by atoms with Crippen LogP contribution in [0, 0.1) is 0 Å². The molecule has 0 heteroatoms. The Morgan fingerprint density at radius 2 is 2.45 bits per heavy atom. The second-order valence-corrected chi connectivity index (χ2v) is 2.60. The van der Waals surface area contributed by atoms with Crippen LogP contribution in [0.25, 0.3) is 0 Å². The molecule has 0 saturated heterocycles. The first-order chi connectivity index (χ1) is 5.38. The van der Waals surface area contributed by atoms with Crippen molar-refractivity contribution in [3.05, 3.63) is 48.1 Å².